The van der Waals surface area contributed by atoms with E-state index in [0.29, 0.717) is 0 Å². The first-order valence-electron chi connectivity index (χ1n) is 6.72. The van der Waals surface area contributed by atoms with Crippen LogP contribution < -0.4 is 0 Å². The van der Waals surface area contributed by atoms with Crippen molar-refractivity contribution in [3.63, 3.8) is 0 Å². The average molecular weight is 277 g/mol. The number of aromatic amines is 1. The smallest absolute Gasteiger partial charge is 0.124 e. The van der Waals surface area contributed by atoms with E-state index in [-0.39, 0.29) is 11.6 Å². The van der Waals surface area contributed by atoms with E-state index in [4.69, 9.17) is 0 Å². The molecule has 0 aliphatic rings. The summed E-state index contributed by atoms with van der Waals surface area (Å²) in [7, 11) is 0. The van der Waals surface area contributed by atoms with Gasteiger partial charge in [0.1, 0.15) is 11.6 Å². The van der Waals surface area contributed by atoms with Crippen molar-refractivity contribution in [2.45, 2.75) is 0 Å². The molecule has 0 amide bonds. The molecule has 0 saturated carbocycles. The third kappa shape index (κ3) is 1.78. The Balaban J connectivity index is 2.13. The zero-order valence-corrected chi connectivity index (χ0v) is 11.1. The number of phenols is 1. The molecule has 0 radical (unpaired) electrons. The number of aromatic hydroxyl groups is 1. The summed E-state index contributed by atoms with van der Waals surface area (Å²) in [6.07, 6.45) is 1.81. The Labute approximate surface area is 120 Å². The molecule has 3 aromatic carbocycles. The molecule has 1 aromatic heterocycles. The van der Waals surface area contributed by atoms with E-state index >= 15 is 0 Å². The van der Waals surface area contributed by atoms with Gasteiger partial charge in [0.2, 0.25) is 0 Å². The summed E-state index contributed by atoms with van der Waals surface area (Å²) in [5.74, 6) is -0.0954. The van der Waals surface area contributed by atoms with Crippen LogP contribution in [-0.2, 0) is 0 Å². The van der Waals surface area contributed by atoms with E-state index in [9.17, 15) is 9.50 Å². The molecule has 0 unspecified atom stereocenters. The molecule has 1 heterocycles. The van der Waals surface area contributed by atoms with Crippen molar-refractivity contribution in [2.24, 2.45) is 0 Å². The van der Waals surface area contributed by atoms with Gasteiger partial charge >= 0.3 is 0 Å². The Morgan fingerprint density at radius 2 is 1.76 bits per heavy atom. The summed E-state index contributed by atoms with van der Waals surface area (Å²) >= 11 is 0. The fourth-order valence-electron chi connectivity index (χ4n) is 2.84. The van der Waals surface area contributed by atoms with E-state index in [0.717, 1.165) is 32.8 Å². The second-order valence-electron chi connectivity index (χ2n) is 5.07. The summed E-state index contributed by atoms with van der Waals surface area (Å²) < 4.78 is 13.5. The van der Waals surface area contributed by atoms with Gasteiger partial charge in [-0.1, -0.05) is 30.3 Å². The van der Waals surface area contributed by atoms with Crippen LogP contribution in [0.1, 0.15) is 0 Å². The second-order valence-corrected chi connectivity index (χ2v) is 5.07. The van der Waals surface area contributed by atoms with Crippen molar-refractivity contribution in [1.82, 2.24) is 4.98 Å². The maximum Gasteiger partial charge on any atom is 0.124 e. The molecule has 0 atom stereocenters. The first-order chi connectivity index (χ1) is 10.2. The number of benzene rings is 3. The number of aromatic nitrogens is 1. The highest BCUT2D eigenvalue weighted by atomic mass is 19.1. The standard InChI is InChI=1S/C18H12FNO/c19-12-6-7-16-14(9-12)15(10-20-16)18-13-4-2-1-3-11(13)5-8-17(18)21/h1-10,20-21H. The molecular formula is C18H12FNO. The molecule has 2 N–H and O–H groups in total. The van der Waals surface area contributed by atoms with Gasteiger partial charge in [-0.15, -0.1) is 0 Å². The van der Waals surface area contributed by atoms with Gasteiger partial charge < -0.3 is 10.1 Å². The lowest BCUT2D eigenvalue weighted by molar-refractivity contribution is 0.478. The molecule has 0 aliphatic carbocycles. The van der Waals surface area contributed by atoms with Crippen LogP contribution in [0.15, 0.2) is 60.8 Å². The van der Waals surface area contributed by atoms with E-state index < -0.39 is 0 Å². The normalized spacial score (nSPS) is 11.3. The quantitative estimate of drug-likeness (QED) is 0.513. The van der Waals surface area contributed by atoms with Crippen molar-refractivity contribution >= 4 is 21.7 Å². The van der Waals surface area contributed by atoms with Gasteiger partial charge in [0.25, 0.3) is 0 Å². The zero-order valence-electron chi connectivity index (χ0n) is 11.1. The number of fused-ring (bicyclic) bond motifs is 2. The van der Waals surface area contributed by atoms with E-state index in [1.165, 1.54) is 12.1 Å². The Hall–Kier alpha value is -2.81. The van der Waals surface area contributed by atoms with Crippen molar-refractivity contribution in [3.05, 3.63) is 66.6 Å². The van der Waals surface area contributed by atoms with Crippen molar-refractivity contribution < 1.29 is 9.50 Å². The van der Waals surface area contributed by atoms with Gasteiger partial charge in [-0.05, 0) is 35.0 Å². The van der Waals surface area contributed by atoms with Crippen LogP contribution >= 0.6 is 0 Å². The topological polar surface area (TPSA) is 36.0 Å². The minimum absolute atomic E-state index is 0.193. The summed E-state index contributed by atoms with van der Waals surface area (Å²) in [4.78, 5) is 3.13. The van der Waals surface area contributed by atoms with Crippen LogP contribution in [0.4, 0.5) is 4.39 Å². The van der Waals surface area contributed by atoms with E-state index in [2.05, 4.69) is 4.98 Å². The first-order valence-corrected chi connectivity index (χ1v) is 6.72. The van der Waals surface area contributed by atoms with Crippen molar-refractivity contribution in [2.75, 3.05) is 0 Å². The first kappa shape index (κ1) is 12.0. The summed E-state index contributed by atoms with van der Waals surface area (Å²) in [6.45, 7) is 0. The van der Waals surface area contributed by atoms with E-state index in [1.54, 1.807) is 12.1 Å². The van der Waals surface area contributed by atoms with Crippen molar-refractivity contribution in [1.29, 1.82) is 0 Å². The van der Waals surface area contributed by atoms with Gasteiger partial charge in [0.15, 0.2) is 0 Å². The Kier molecular flexibility index (Phi) is 2.48. The number of rotatable bonds is 1. The van der Waals surface area contributed by atoms with Gasteiger partial charge in [0.05, 0.1) is 0 Å². The van der Waals surface area contributed by atoms with Crippen molar-refractivity contribution in [3.8, 4) is 16.9 Å². The van der Waals surface area contributed by atoms with Crippen LogP contribution in [0.2, 0.25) is 0 Å². The number of hydrogen-bond donors (Lipinski definition) is 2. The molecule has 3 heteroatoms. The molecule has 0 bridgehead atoms. The molecule has 0 spiro atoms. The fraction of sp³-hybridized carbons (Fsp3) is 0. The molecule has 0 fully saturated rings. The maximum atomic E-state index is 13.5. The summed E-state index contributed by atoms with van der Waals surface area (Å²) in [6, 6.07) is 16.0. The lowest BCUT2D eigenvalue weighted by Crippen LogP contribution is -1.82. The highest BCUT2D eigenvalue weighted by Crippen LogP contribution is 2.39. The Bertz CT molecular complexity index is 971. The molecule has 4 rings (SSSR count). The van der Waals surface area contributed by atoms with Crippen LogP contribution in [-0.4, -0.2) is 10.1 Å². The molecule has 0 aliphatic heterocycles. The van der Waals surface area contributed by atoms with E-state index in [1.807, 2.05) is 36.5 Å². The van der Waals surface area contributed by atoms with Crippen LogP contribution in [0.3, 0.4) is 0 Å². The van der Waals surface area contributed by atoms with Gasteiger partial charge in [-0.3, -0.25) is 0 Å². The lowest BCUT2D eigenvalue weighted by Gasteiger charge is -2.08. The van der Waals surface area contributed by atoms with Gasteiger partial charge in [-0.25, -0.2) is 4.39 Å². The molecular weight excluding hydrogens is 265 g/mol. The highest BCUT2D eigenvalue weighted by Gasteiger charge is 2.14. The summed E-state index contributed by atoms with van der Waals surface area (Å²) in [5.41, 5.74) is 2.38. The monoisotopic (exact) mass is 277 g/mol. The second kappa shape index (κ2) is 4.35. The minimum Gasteiger partial charge on any atom is -0.507 e. The average Bonchev–Trinajstić information content (AvgIpc) is 2.90. The Morgan fingerprint density at radius 3 is 2.67 bits per heavy atom. The highest BCUT2D eigenvalue weighted by molar-refractivity contribution is 6.07. The number of halogens is 1. The fourth-order valence-corrected chi connectivity index (χ4v) is 2.84. The number of H-pyrrole nitrogens is 1. The number of nitrogens with one attached hydrogen (secondary N) is 1. The van der Waals surface area contributed by atoms with Gasteiger partial charge in [0, 0.05) is 28.2 Å². The lowest BCUT2D eigenvalue weighted by atomic mass is 9.97. The number of hydrogen-bond acceptors (Lipinski definition) is 1. The molecule has 21 heavy (non-hydrogen) atoms. The zero-order chi connectivity index (χ0) is 14.4. The van der Waals surface area contributed by atoms with Crippen LogP contribution in [0.5, 0.6) is 5.75 Å². The SMILES string of the molecule is Oc1ccc2ccccc2c1-c1c[nH]c2ccc(F)cc12. The summed E-state index contributed by atoms with van der Waals surface area (Å²) in [5, 5.41) is 13.1. The largest absolute Gasteiger partial charge is 0.507 e. The predicted octanol–water partition coefficient (Wildman–Crippen LogP) is 4.83. The molecule has 2 nitrogen and oxygen atoms in total. The van der Waals surface area contributed by atoms with Crippen LogP contribution in [0, 0.1) is 5.82 Å². The molecule has 102 valence electrons. The Morgan fingerprint density at radius 1 is 0.905 bits per heavy atom. The van der Waals surface area contributed by atoms with Gasteiger partial charge in [-0.2, -0.15) is 0 Å². The molecule has 4 aromatic rings. The third-order valence-electron chi connectivity index (χ3n) is 3.82. The minimum atomic E-state index is -0.289. The molecule has 0 saturated heterocycles. The predicted molar refractivity (Wildman–Crippen MR) is 82.9 cm³/mol. The maximum absolute atomic E-state index is 13.5. The third-order valence-corrected chi connectivity index (χ3v) is 3.82. The van der Waals surface area contributed by atoms with Crippen LogP contribution in [0.25, 0.3) is 32.8 Å². The number of phenolic OH excluding ortho intramolecular Hbond substituents is 1.